The fraction of sp³-hybridized carbons (Fsp3) is 0.429. The van der Waals surface area contributed by atoms with E-state index < -0.39 is 21.8 Å². The smallest absolute Gasteiger partial charge is 0.251 e. The Labute approximate surface area is 139 Å². The molecule has 1 aliphatic rings. The molecule has 24 heavy (non-hydrogen) atoms. The van der Waals surface area contributed by atoms with E-state index in [0.29, 0.717) is 17.1 Å². The molecular formula is C14H19N3O6S. The van der Waals surface area contributed by atoms with E-state index >= 15 is 0 Å². The molecule has 0 atom stereocenters. The molecule has 1 heterocycles. The first-order valence-corrected chi connectivity index (χ1v) is 8.92. The standard InChI is InChI=1S/C14H19N3O6S/c1-15-24(20,21)6-2-5-16-13(18)8-17-14(19)10-3-4-11-12(7-10)23-9-22-11/h3-4,7,15H,2,5-6,8-9H2,1H3,(H,16,18)(H,17,19). The van der Waals surface area contributed by atoms with Crippen LogP contribution < -0.4 is 24.8 Å². The molecule has 2 rings (SSSR count). The summed E-state index contributed by atoms with van der Waals surface area (Å²) in [6, 6.07) is 4.74. The van der Waals surface area contributed by atoms with Crippen LogP contribution >= 0.6 is 0 Å². The van der Waals surface area contributed by atoms with Crippen LogP contribution in [-0.2, 0) is 14.8 Å². The minimum Gasteiger partial charge on any atom is -0.454 e. The van der Waals surface area contributed by atoms with Crippen LogP contribution in [0.4, 0.5) is 0 Å². The van der Waals surface area contributed by atoms with Crippen LogP contribution in [0, 0.1) is 0 Å². The number of carbonyl (C=O) groups excluding carboxylic acids is 2. The van der Waals surface area contributed by atoms with Gasteiger partial charge in [0.05, 0.1) is 12.3 Å². The third kappa shape index (κ3) is 5.10. The summed E-state index contributed by atoms with van der Waals surface area (Å²) >= 11 is 0. The van der Waals surface area contributed by atoms with Crippen molar-refractivity contribution in [1.29, 1.82) is 0 Å². The molecule has 1 aromatic rings. The molecule has 0 saturated heterocycles. The van der Waals surface area contributed by atoms with Gasteiger partial charge in [-0.25, -0.2) is 13.1 Å². The van der Waals surface area contributed by atoms with Crippen molar-refractivity contribution in [3.8, 4) is 11.5 Å². The minimum absolute atomic E-state index is 0.0761. The molecule has 1 aliphatic heterocycles. The lowest BCUT2D eigenvalue weighted by molar-refractivity contribution is -0.120. The van der Waals surface area contributed by atoms with Crippen molar-refractivity contribution >= 4 is 21.8 Å². The molecule has 0 spiro atoms. The zero-order valence-corrected chi connectivity index (χ0v) is 13.9. The van der Waals surface area contributed by atoms with Gasteiger partial charge in [-0.2, -0.15) is 0 Å². The molecule has 1 aromatic carbocycles. The van der Waals surface area contributed by atoms with Gasteiger partial charge in [-0.1, -0.05) is 0 Å². The van der Waals surface area contributed by atoms with Gasteiger partial charge in [0, 0.05) is 12.1 Å². The van der Waals surface area contributed by atoms with E-state index in [2.05, 4.69) is 15.4 Å². The van der Waals surface area contributed by atoms with Crippen molar-refractivity contribution in [2.24, 2.45) is 0 Å². The third-order valence-electron chi connectivity index (χ3n) is 3.27. The fourth-order valence-corrected chi connectivity index (χ4v) is 2.68. The summed E-state index contributed by atoms with van der Waals surface area (Å²) in [5.74, 6) is 0.165. The summed E-state index contributed by atoms with van der Waals surface area (Å²) < 4.78 is 34.9. The Bertz CT molecular complexity index is 719. The lowest BCUT2D eigenvalue weighted by Crippen LogP contribution is -2.37. The number of ether oxygens (including phenoxy) is 2. The van der Waals surface area contributed by atoms with Crippen molar-refractivity contribution in [1.82, 2.24) is 15.4 Å². The van der Waals surface area contributed by atoms with E-state index in [1.165, 1.54) is 13.1 Å². The Balaban J connectivity index is 1.71. The SMILES string of the molecule is CNS(=O)(=O)CCCNC(=O)CNC(=O)c1ccc2c(c1)OCO2. The highest BCUT2D eigenvalue weighted by Crippen LogP contribution is 2.32. The van der Waals surface area contributed by atoms with Gasteiger partial charge in [0.2, 0.25) is 22.7 Å². The van der Waals surface area contributed by atoms with Crippen molar-refractivity contribution in [3.05, 3.63) is 23.8 Å². The van der Waals surface area contributed by atoms with Crippen LogP contribution in [0.2, 0.25) is 0 Å². The second-order valence-electron chi connectivity index (χ2n) is 4.98. The predicted molar refractivity (Wildman–Crippen MR) is 85.4 cm³/mol. The predicted octanol–water partition coefficient (Wildman–Crippen LogP) is -0.799. The van der Waals surface area contributed by atoms with Crippen molar-refractivity contribution in [2.45, 2.75) is 6.42 Å². The maximum absolute atomic E-state index is 12.0. The molecule has 9 nitrogen and oxygen atoms in total. The molecule has 0 bridgehead atoms. The zero-order chi connectivity index (χ0) is 17.6. The second kappa shape index (κ2) is 7.97. The zero-order valence-electron chi connectivity index (χ0n) is 13.1. The monoisotopic (exact) mass is 357 g/mol. The van der Waals surface area contributed by atoms with E-state index in [-0.39, 0.29) is 32.1 Å². The average Bonchev–Trinajstić information content (AvgIpc) is 3.04. The molecule has 0 radical (unpaired) electrons. The number of amides is 2. The molecule has 0 aliphatic carbocycles. The number of hydrogen-bond donors (Lipinski definition) is 3. The number of rotatable bonds is 8. The quantitative estimate of drug-likeness (QED) is 0.524. The molecule has 0 fully saturated rings. The van der Waals surface area contributed by atoms with Gasteiger partial charge >= 0.3 is 0 Å². The maximum Gasteiger partial charge on any atom is 0.251 e. The number of hydrogen-bond acceptors (Lipinski definition) is 6. The van der Waals surface area contributed by atoms with Crippen LogP contribution in [0.3, 0.4) is 0 Å². The summed E-state index contributed by atoms with van der Waals surface area (Å²) in [5, 5.41) is 5.02. The van der Waals surface area contributed by atoms with Gasteiger partial charge < -0.3 is 20.1 Å². The lowest BCUT2D eigenvalue weighted by atomic mass is 10.2. The summed E-state index contributed by atoms with van der Waals surface area (Å²) in [4.78, 5) is 23.6. The molecule has 132 valence electrons. The Morgan fingerprint density at radius 3 is 2.67 bits per heavy atom. The van der Waals surface area contributed by atoms with Gasteiger partial charge in [0.15, 0.2) is 11.5 Å². The summed E-state index contributed by atoms with van der Waals surface area (Å²) in [7, 11) is -1.94. The first-order valence-electron chi connectivity index (χ1n) is 7.27. The van der Waals surface area contributed by atoms with E-state index in [9.17, 15) is 18.0 Å². The number of nitrogens with one attached hydrogen (secondary N) is 3. The summed E-state index contributed by atoms with van der Waals surface area (Å²) in [6.07, 6.45) is 0.283. The largest absolute Gasteiger partial charge is 0.454 e. The van der Waals surface area contributed by atoms with Crippen molar-refractivity contribution in [3.63, 3.8) is 0 Å². The first-order chi connectivity index (χ1) is 11.4. The van der Waals surface area contributed by atoms with Gasteiger partial charge in [-0.05, 0) is 31.7 Å². The minimum atomic E-state index is -3.28. The van der Waals surface area contributed by atoms with E-state index in [1.54, 1.807) is 12.1 Å². The van der Waals surface area contributed by atoms with Gasteiger partial charge in [-0.15, -0.1) is 0 Å². The fourth-order valence-electron chi connectivity index (χ4n) is 1.95. The molecule has 2 amide bonds. The topological polar surface area (TPSA) is 123 Å². The number of carbonyl (C=O) groups is 2. The van der Waals surface area contributed by atoms with Crippen LogP contribution in [0.5, 0.6) is 11.5 Å². The van der Waals surface area contributed by atoms with Gasteiger partial charge in [-0.3, -0.25) is 9.59 Å². The Morgan fingerprint density at radius 1 is 1.17 bits per heavy atom. The van der Waals surface area contributed by atoms with E-state index in [4.69, 9.17) is 9.47 Å². The summed E-state index contributed by atoms with van der Waals surface area (Å²) in [5.41, 5.74) is 0.354. The summed E-state index contributed by atoms with van der Waals surface area (Å²) in [6.45, 7) is 0.123. The highest BCUT2D eigenvalue weighted by atomic mass is 32.2. The molecule has 10 heteroatoms. The van der Waals surface area contributed by atoms with Gasteiger partial charge in [0.1, 0.15) is 0 Å². The Hall–Kier alpha value is -2.33. The normalized spacial score (nSPS) is 12.7. The van der Waals surface area contributed by atoms with Crippen LogP contribution in [0.15, 0.2) is 18.2 Å². The molecular weight excluding hydrogens is 338 g/mol. The van der Waals surface area contributed by atoms with Crippen molar-refractivity contribution in [2.75, 3.05) is 32.7 Å². The second-order valence-corrected chi connectivity index (χ2v) is 7.02. The Kier molecular flexibility index (Phi) is 5.99. The third-order valence-corrected chi connectivity index (χ3v) is 4.72. The van der Waals surface area contributed by atoms with Crippen LogP contribution in [-0.4, -0.2) is 52.9 Å². The molecule has 0 unspecified atom stereocenters. The number of sulfonamides is 1. The first kappa shape index (κ1) is 18.0. The average molecular weight is 357 g/mol. The van der Waals surface area contributed by atoms with Crippen LogP contribution in [0.25, 0.3) is 0 Å². The molecule has 0 aromatic heterocycles. The molecule has 0 saturated carbocycles. The van der Waals surface area contributed by atoms with Crippen LogP contribution in [0.1, 0.15) is 16.8 Å². The van der Waals surface area contributed by atoms with E-state index in [1.807, 2.05) is 0 Å². The molecule has 3 N–H and O–H groups in total. The number of fused-ring (bicyclic) bond motifs is 1. The van der Waals surface area contributed by atoms with Crippen molar-refractivity contribution < 1.29 is 27.5 Å². The van der Waals surface area contributed by atoms with E-state index in [0.717, 1.165) is 0 Å². The number of benzene rings is 1. The lowest BCUT2D eigenvalue weighted by Gasteiger charge is -2.07. The van der Waals surface area contributed by atoms with Gasteiger partial charge in [0.25, 0.3) is 5.91 Å². The Morgan fingerprint density at radius 2 is 1.92 bits per heavy atom. The highest BCUT2D eigenvalue weighted by molar-refractivity contribution is 7.89. The highest BCUT2D eigenvalue weighted by Gasteiger charge is 2.16. The maximum atomic E-state index is 12.0.